The SMILES string of the molecule is Cc1ccc(Cl)nc1.NC1CC(Oc2ncccc2C2CCOCC2)C1. The Morgan fingerprint density at radius 2 is 1.92 bits per heavy atom. The van der Waals surface area contributed by atoms with Crippen LogP contribution in [-0.2, 0) is 4.74 Å². The molecular weight excluding hydrogens is 350 g/mol. The van der Waals surface area contributed by atoms with E-state index in [1.165, 1.54) is 5.56 Å². The van der Waals surface area contributed by atoms with Crippen LogP contribution >= 0.6 is 11.6 Å². The Morgan fingerprint density at radius 1 is 1.15 bits per heavy atom. The average Bonchev–Trinajstić information content (AvgIpc) is 2.65. The first-order valence-electron chi connectivity index (χ1n) is 9.15. The molecule has 2 N–H and O–H groups in total. The smallest absolute Gasteiger partial charge is 0.217 e. The summed E-state index contributed by atoms with van der Waals surface area (Å²) in [5.41, 5.74) is 8.16. The maximum Gasteiger partial charge on any atom is 0.217 e. The van der Waals surface area contributed by atoms with Crippen LogP contribution in [0.25, 0.3) is 0 Å². The molecule has 1 saturated carbocycles. The van der Waals surface area contributed by atoms with E-state index in [-0.39, 0.29) is 6.10 Å². The van der Waals surface area contributed by atoms with E-state index in [1.54, 1.807) is 18.5 Å². The van der Waals surface area contributed by atoms with E-state index in [4.69, 9.17) is 26.8 Å². The summed E-state index contributed by atoms with van der Waals surface area (Å²) in [5.74, 6) is 1.33. The number of nitrogens with zero attached hydrogens (tertiary/aromatic N) is 2. The Morgan fingerprint density at radius 3 is 2.54 bits per heavy atom. The molecule has 2 aliphatic rings. The highest BCUT2D eigenvalue weighted by Gasteiger charge is 2.29. The van der Waals surface area contributed by atoms with Gasteiger partial charge < -0.3 is 15.2 Å². The molecule has 0 unspecified atom stereocenters. The van der Waals surface area contributed by atoms with Gasteiger partial charge in [0.1, 0.15) is 11.3 Å². The van der Waals surface area contributed by atoms with Crippen molar-refractivity contribution in [2.45, 2.75) is 50.7 Å². The molecule has 0 bridgehead atoms. The van der Waals surface area contributed by atoms with Crippen molar-refractivity contribution in [1.29, 1.82) is 0 Å². The van der Waals surface area contributed by atoms with Crippen LogP contribution in [-0.4, -0.2) is 35.3 Å². The molecule has 0 spiro atoms. The maximum atomic E-state index is 5.97. The molecule has 3 heterocycles. The predicted molar refractivity (Wildman–Crippen MR) is 103 cm³/mol. The lowest BCUT2D eigenvalue weighted by Gasteiger charge is -2.33. The number of nitrogens with two attached hydrogens (primary N) is 1. The third kappa shape index (κ3) is 5.40. The lowest BCUT2D eigenvalue weighted by atomic mass is 9.89. The number of halogens is 1. The molecule has 1 saturated heterocycles. The Labute approximate surface area is 159 Å². The van der Waals surface area contributed by atoms with Gasteiger partial charge in [-0.1, -0.05) is 23.7 Å². The fraction of sp³-hybridized carbons (Fsp3) is 0.500. The van der Waals surface area contributed by atoms with Crippen LogP contribution in [0.5, 0.6) is 5.88 Å². The van der Waals surface area contributed by atoms with E-state index >= 15 is 0 Å². The minimum atomic E-state index is 0.258. The van der Waals surface area contributed by atoms with E-state index in [0.29, 0.717) is 17.1 Å². The second-order valence-corrected chi connectivity index (χ2v) is 7.30. The van der Waals surface area contributed by atoms with Gasteiger partial charge in [-0.05, 0) is 56.2 Å². The molecule has 5 nitrogen and oxygen atoms in total. The molecular formula is C20H26ClN3O2. The van der Waals surface area contributed by atoms with Gasteiger partial charge in [-0.3, -0.25) is 0 Å². The number of aryl methyl sites for hydroxylation is 1. The van der Waals surface area contributed by atoms with Crippen LogP contribution in [0.2, 0.25) is 5.15 Å². The number of hydrogen-bond acceptors (Lipinski definition) is 5. The van der Waals surface area contributed by atoms with E-state index in [1.807, 2.05) is 19.1 Å². The predicted octanol–water partition coefficient (Wildman–Crippen LogP) is 3.89. The number of pyridine rings is 2. The van der Waals surface area contributed by atoms with Gasteiger partial charge in [-0.2, -0.15) is 0 Å². The van der Waals surface area contributed by atoms with Gasteiger partial charge in [-0.25, -0.2) is 9.97 Å². The van der Waals surface area contributed by atoms with E-state index in [0.717, 1.165) is 50.3 Å². The molecule has 1 aliphatic heterocycles. The highest BCUT2D eigenvalue weighted by Crippen LogP contribution is 2.34. The van der Waals surface area contributed by atoms with Gasteiger partial charge in [-0.15, -0.1) is 0 Å². The van der Waals surface area contributed by atoms with Gasteiger partial charge in [0.15, 0.2) is 0 Å². The summed E-state index contributed by atoms with van der Waals surface area (Å²) in [6.45, 7) is 3.66. The van der Waals surface area contributed by atoms with Crippen molar-refractivity contribution in [3.05, 3.63) is 52.9 Å². The van der Waals surface area contributed by atoms with Gasteiger partial charge >= 0.3 is 0 Å². The number of hydrogen-bond donors (Lipinski definition) is 1. The molecule has 2 aromatic heterocycles. The topological polar surface area (TPSA) is 70.3 Å². The van der Waals surface area contributed by atoms with Gasteiger partial charge in [0.2, 0.25) is 5.88 Å². The van der Waals surface area contributed by atoms with E-state index in [9.17, 15) is 0 Å². The molecule has 0 amide bonds. The van der Waals surface area contributed by atoms with Crippen LogP contribution < -0.4 is 10.5 Å². The summed E-state index contributed by atoms with van der Waals surface area (Å²) in [6, 6.07) is 8.14. The van der Waals surface area contributed by atoms with Crippen molar-refractivity contribution in [2.75, 3.05) is 13.2 Å². The van der Waals surface area contributed by atoms with Crippen molar-refractivity contribution in [3.63, 3.8) is 0 Å². The van der Waals surface area contributed by atoms with Crippen molar-refractivity contribution in [3.8, 4) is 5.88 Å². The summed E-state index contributed by atoms with van der Waals surface area (Å²) >= 11 is 5.50. The first kappa shape index (κ1) is 19.1. The zero-order valence-corrected chi connectivity index (χ0v) is 15.9. The summed E-state index contributed by atoms with van der Waals surface area (Å²) < 4.78 is 11.4. The molecule has 140 valence electrons. The second kappa shape index (κ2) is 9.31. The van der Waals surface area contributed by atoms with Crippen LogP contribution in [0.1, 0.15) is 42.7 Å². The zero-order chi connectivity index (χ0) is 18.4. The minimum absolute atomic E-state index is 0.258. The minimum Gasteiger partial charge on any atom is -0.474 e. The monoisotopic (exact) mass is 375 g/mol. The summed E-state index contributed by atoms with van der Waals surface area (Å²) in [6.07, 6.45) is 7.82. The molecule has 4 rings (SSSR count). The van der Waals surface area contributed by atoms with Crippen molar-refractivity contribution >= 4 is 11.6 Å². The first-order valence-corrected chi connectivity index (χ1v) is 9.52. The average molecular weight is 376 g/mol. The fourth-order valence-corrected chi connectivity index (χ4v) is 3.24. The number of aromatic nitrogens is 2. The molecule has 0 radical (unpaired) electrons. The van der Waals surface area contributed by atoms with E-state index < -0.39 is 0 Å². The molecule has 0 atom stereocenters. The lowest BCUT2D eigenvalue weighted by molar-refractivity contribution is 0.0778. The fourth-order valence-electron chi connectivity index (χ4n) is 3.13. The normalized spacial score (nSPS) is 22.7. The van der Waals surface area contributed by atoms with Crippen LogP contribution in [0.3, 0.4) is 0 Å². The molecule has 6 heteroatoms. The van der Waals surface area contributed by atoms with Gasteiger partial charge in [0.25, 0.3) is 0 Å². The second-order valence-electron chi connectivity index (χ2n) is 6.91. The lowest BCUT2D eigenvalue weighted by Crippen LogP contribution is -2.43. The zero-order valence-electron chi connectivity index (χ0n) is 15.1. The van der Waals surface area contributed by atoms with Crippen LogP contribution in [0, 0.1) is 6.92 Å². The number of ether oxygens (including phenoxy) is 2. The van der Waals surface area contributed by atoms with Crippen LogP contribution in [0.4, 0.5) is 0 Å². The number of rotatable bonds is 3. The summed E-state index contributed by atoms with van der Waals surface area (Å²) in [4.78, 5) is 8.24. The van der Waals surface area contributed by atoms with Crippen LogP contribution in [0.15, 0.2) is 36.7 Å². The Balaban J connectivity index is 0.000000206. The molecule has 1 aliphatic carbocycles. The molecule has 2 aromatic rings. The molecule has 0 aromatic carbocycles. The summed E-state index contributed by atoms with van der Waals surface area (Å²) in [5, 5.41) is 0.551. The quantitative estimate of drug-likeness (QED) is 0.824. The highest BCUT2D eigenvalue weighted by molar-refractivity contribution is 6.29. The Kier molecular flexibility index (Phi) is 6.83. The van der Waals surface area contributed by atoms with Crippen molar-refractivity contribution in [2.24, 2.45) is 5.73 Å². The van der Waals surface area contributed by atoms with Gasteiger partial charge in [0.05, 0.1) is 0 Å². The Hall–Kier alpha value is -1.69. The standard InChI is InChI=1S/C14H20N2O2.C6H6ClN/c15-11-8-12(9-11)18-14-13(2-1-5-16-14)10-3-6-17-7-4-10;1-5-2-3-6(7)8-4-5/h1-2,5,10-12H,3-4,6-9,15H2;2-4H,1H3. The Bertz CT molecular complexity index is 663. The van der Waals surface area contributed by atoms with Gasteiger partial charge in [0, 0.05) is 37.2 Å². The summed E-state index contributed by atoms with van der Waals surface area (Å²) in [7, 11) is 0. The van der Waals surface area contributed by atoms with Crippen molar-refractivity contribution in [1.82, 2.24) is 9.97 Å². The van der Waals surface area contributed by atoms with Crippen molar-refractivity contribution < 1.29 is 9.47 Å². The first-order chi connectivity index (χ1) is 12.6. The van der Waals surface area contributed by atoms with E-state index in [2.05, 4.69) is 16.0 Å². The third-order valence-corrected chi connectivity index (χ3v) is 4.97. The highest BCUT2D eigenvalue weighted by atomic mass is 35.5. The maximum absolute atomic E-state index is 5.97. The molecule has 2 fully saturated rings. The third-order valence-electron chi connectivity index (χ3n) is 4.75. The molecule has 26 heavy (non-hydrogen) atoms. The largest absolute Gasteiger partial charge is 0.474 e.